The van der Waals surface area contributed by atoms with Crippen molar-refractivity contribution in [1.29, 1.82) is 0 Å². The van der Waals surface area contributed by atoms with Gasteiger partial charge in [-0.25, -0.2) is 4.79 Å². The van der Waals surface area contributed by atoms with E-state index in [1.807, 2.05) is 13.0 Å². The summed E-state index contributed by atoms with van der Waals surface area (Å²) < 4.78 is 16.1. The van der Waals surface area contributed by atoms with E-state index in [-0.39, 0.29) is 11.5 Å². The van der Waals surface area contributed by atoms with Crippen LogP contribution in [0.1, 0.15) is 24.2 Å². The van der Waals surface area contributed by atoms with Crippen molar-refractivity contribution in [3.8, 4) is 17.2 Å². The van der Waals surface area contributed by atoms with Crippen molar-refractivity contribution in [3.05, 3.63) is 90.0 Å². The molecule has 3 rings (SSSR count). The summed E-state index contributed by atoms with van der Waals surface area (Å²) in [5.74, 6) is -0.427. The van der Waals surface area contributed by atoms with E-state index in [4.69, 9.17) is 14.2 Å². The number of hydrogen-bond donors (Lipinski definition) is 2. The van der Waals surface area contributed by atoms with Gasteiger partial charge in [-0.3, -0.25) is 4.79 Å². The Bertz CT molecular complexity index is 1130. The maximum absolute atomic E-state index is 13.1. The van der Waals surface area contributed by atoms with Crippen molar-refractivity contribution >= 4 is 23.6 Å². The molecule has 0 fully saturated rings. The second-order valence-electron chi connectivity index (χ2n) is 6.91. The lowest BCUT2D eigenvalue weighted by Gasteiger charge is -2.18. The number of ether oxygens (including phenoxy) is 3. The number of aromatic hydroxyl groups is 1. The van der Waals surface area contributed by atoms with E-state index in [0.717, 1.165) is 0 Å². The minimum atomic E-state index is -1.17. The summed E-state index contributed by atoms with van der Waals surface area (Å²) in [6, 6.07) is 20.4. The third-order valence-corrected chi connectivity index (χ3v) is 4.63. The number of carbonyl (C=O) groups is 2. The summed E-state index contributed by atoms with van der Waals surface area (Å²) in [6.07, 6.45) is 1.55. The molecule has 0 spiro atoms. The van der Waals surface area contributed by atoms with Crippen molar-refractivity contribution < 1.29 is 28.9 Å². The normalized spacial score (nSPS) is 11.6. The molecule has 0 radical (unpaired) electrons. The number of amides is 1. The molecule has 0 saturated carbocycles. The summed E-state index contributed by atoms with van der Waals surface area (Å²) >= 11 is 0. The fourth-order valence-electron chi connectivity index (χ4n) is 3.07. The predicted octanol–water partition coefficient (Wildman–Crippen LogP) is 4.74. The van der Waals surface area contributed by atoms with Crippen LogP contribution >= 0.6 is 0 Å². The first kappa shape index (κ1) is 23.4. The van der Waals surface area contributed by atoms with Crippen LogP contribution in [0.15, 0.2) is 78.9 Å². The molecule has 1 unspecified atom stereocenters. The Balaban J connectivity index is 1.79. The van der Waals surface area contributed by atoms with Crippen molar-refractivity contribution in [2.45, 2.75) is 13.0 Å². The molecular weight excluding hydrogens is 422 g/mol. The average molecular weight is 447 g/mol. The quantitative estimate of drug-likeness (QED) is 0.364. The van der Waals surface area contributed by atoms with E-state index in [2.05, 4.69) is 5.32 Å². The fraction of sp³-hybridized carbons (Fsp3) is 0.154. The molecule has 0 aromatic heterocycles. The minimum absolute atomic E-state index is 0.00891. The van der Waals surface area contributed by atoms with Gasteiger partial charge in [-0.2, -0.15) is 0 Å². The number of phenolic OH excluding ortho intramolecular Hbond substituents is 1. The van der Waals surface area contributed by atoms with E-state index >= 15 is 0 Å². The number of rotatable bonds is 9. The van der Waals surface area contributed by atoms with Gasteiger partial charge in [-0.05, 0) is 42.8 Å². The summed E-state index contributed by atoms with van der Waals surface area (Å²) in [5.41, 5.74) is 1.62. The second-order valence-corrected chi connectivity index (χ2v) is 6.91. The Hall–Kier alpha value is -4.26. The summed E-state index contributed by atoms with van der Waals surface area (Å²) in [7, 11) is 1.43. The Morgan fingerprint density at radius 2 is 1.73 bits per heavy atom. The number of nitrogens with one attached hydrogen (secondary N) is 1. The Morgan fingerprint density at radius 3 is 2.45 bits per heavy atom. The zero-order chi connectivity index (χ0) is 23.6. The smallest absolute Gasteiger partial charge is 0.331 e. The molecule has 1 amide bonds. The Morgan fingerprint density at radius 1 is 1.00 bits per heavy atom. The van der Waals surface area contributed by atoms with Crippen LogP contribution in [0.5, 0.6) is 17.2 Å². The molecule has 2 N–H and O–H groups in total. The fourth-order valence-corrected chi connectivity index (χ4v) is 3.07. The van der Waals surface area contributed by atoms with E-state index < -0.39 is 18.0 Å². The highest BCUT2D eigenvalue weighted by atomic mass is 16.5. The van der Waals surface area contributed by atoms with Gasteiger partial charge < -0.3 is 24.6 Å². The molecule has 3 aromatic rings. The number of carbonyl (C=O) groups excluding carboxylic acids is 2. The van der Waals surface area contributed by atoms with Gasteiger partial charge in [0.05, 0.1) is 19.4 Å². The minimum Gasteiger partial charge on any atom is -0.504 e. The number of phenols is 1. The lowest BCUT2D eigenvalue weighted by molar-refractivity contribution is -0.149. The predicted molar refractivity (Wildman–Crippen MR) is 125 cm³/mol. The Kier molecular flexibility index (Phi) is 8.07. The van der Waals surface area contributed by atoms with Crippen LogP contribution in [0.2, 0.25) is 0 Å². The van der Waals surface area contributed by atoms with Crippen LogP contribution < -0.4 is 14.8 Å². The van der Waals surface area contributed by atoms with Gasteiger partial charge in [-0.15, -0.1) is 0 Å². The van der Waals surface area contributed by atoms with Gasteiger partial charge in [0.25, 0.3) is 5.91 Å². The van der Waals surface area contributed by atoms with Crippen molar-refractivity contribution in [1.82, 2.24) is 0 Å². The molecule has 7 nitrogen and oxygen atoms in total. The number of para-hydroxylation sites is 2. The Labute approximate surface area is 192 Å². The van der Waals surface area contributed by atoms with E-state index in [1.165, 1.54) is 25.3 Å². The SMILES string of the molecule is CCOc1ccccc1NC(=O)C(OC(=O)C=Cc1ccc(O)c(OC)c1)c1ccccc1. The van der Waals surface area contributed by atoms with Gasteiger partial charge in [0.1, 0.15) is 5.75 Å². The first-order valence-electron chi connectivity index (χ1n) is 10.3. The molecule has 170 valence electrons. The van der Waals surface area contributed by atoms with Crippen molar-refractivity contribution in [2.75, 3.05) is 19.0 Å². The molecule has 0 bridgehead atoms. The zero-order valence-electron chi connectivity index (χ0n) is 18.4. The molecule has 0 saturated heterocycles. The standard InChI is InChI=1S/C26H25NO6/c1-3-32-22-12-8-7-11-20(22)27-26(30)25(19-9-5-4-6-10-19)33-24(29)16-14-18-13-15-21(28)23(17-18)31-2/h4-17,25,28H,3H2,1-2H3,(H,27,30). The van der Waals surface area contributed by atoms with Crippen molar-refractivity contribution in [2.24, 2.45) is 0 Å². The molecule has 33 heavy (non-hydrogen) atoms. The van der Waals surface area contributed by atoms with Crippen LogP contribution in [0.3, 0.4) is 0 Å². The topological polar surface area (TPSA) is 94.1 Å². The monoisotopic (exact) mass is 447 g/mol. The highest BCUT2D eigenvalue weighted by molar-refractivity contribution is 5.98. The molecular formula is C26H25NO6. The largest absolute Gasteiger partial charge is 0.504 e. The lowest BCUT2D eigenvalue weighted by Crippen LogP contribution is -2.25. The van der Waals surface area contributed by atoms with E-state index in [0.29, 0.717) is 29.2 Å². The molecule has 1 atom stereocenters. The van der Waals surface area contributed by atoms with Gasteiger partial charge in [0.2, 0.25) is 6.10 Å². The van der Waals surface area contributed by atoms with Gasteiger partial charge in [0.15, 0.2) is 11.5 Å². The number of anilines is 1. The van der Waals surface area contributed by atoms with E-state index in [9.17, 15) is 14.7 Å². The highest BCUT2D eigenvalue weighted by Gasteiger charge is 2.25. The summed E-state index contributed by atoms with van der Waals surface area (Å²) in [6.45, 7) is 2.29. The molecule has 0 aliphatic heterocycles. The number of esters is 1. The third-order valence-electron chi connectivity index (χ3n) is 4.63. The lowest BCUT2D eigenvalue weighted by atomic mass is 10.1. The van der Waals surface area contributed by atoms with Gasteiger partial charge in [-0.1, -0.05) is 48.5 Å². The third kappa shape index (κ3) is 6.36. The highest BCUT2D eigenvalue weighted by Crippen LogP contribution is 2.28. The molecule has 0 aliphatic rings. The number of benzene rings is 3. The first-order valence-corrected chi connectivity index (χ1v) is 10.3. The summed E-state index contributed by atoms with van der Waals surface area (Å²) in [4.78, 5) is 25.6. The molecule has 0 aliphatic carbocycles. The van der Waals surface area contributed by atoms with Crippen LogP contribution in [0.4, 0.5) is 5.69 Å². The van der Waals surface area contributed by atoms with Crippen LogP contribution in [0, 0.1) is 0 Å². The summed E-state index contributed by atoms with van der Waals surface area (Å²) in [5, 5.41) is 12.5. The first-order chi connectivity index (χ1) is 16.0. The average Bonchev–Trinajstić information content (AvgIpc) is 2.84. The van der Waals surface area contributed by atoms with Crippen LogP contribution in [-0.2, 0) is 14.3 Å². The zero-order valence-corrected chi connectivity index (χ0v) is 18.4. The van der Waals surface area contributed by atoms with Crippen LogP contribution in [-0.4, -0.2) is 30.7 Å². The molecule has 7 heteroatoms. The van der Waals surface area contributed by atoms with Crippen molar-refractivity contribution in [3.63, 3.8) is 0 Å². The number of methoxy groups -OCH3 is 1. The van der Waals surface area contributed by atoms with E-state index in [1.54, 1.807) is 60.7 Å². The molecule has 3 aromatic carbocycles. The van der Waals surface area contributed by atoms with Gasteiger partial charge in [0, 0.05) is 11.6 Å². The number of hydrogen-bond acceptors (Lipinski definition) is 6. The maximum atomic E-state index is 13.1. The maximum Gasteiger partial charge on any atom is 0.331 e. The van der Waals surface area contributed by atoms with Gasteiger partial charge >= 0.3 is 5.97 Å². The second kappa shape index (κ2) is 11.4. The molecule has 0 heterocycles. The van der Waals surface area contributed by atoms with Crippen LogP contribution in [0.25, 0.3) is 6.08 Å².